The minimum Gasteiger partial charge on any atom is -0.443 e. The van der Waals surface area contributed by atoms with Gasteiger partial charge in [-0.25, -0.2) is 59.2 Å². The summed E-state index contributed by atoms with van der Waals surface area (Å²) >= 11 is 19.2. The highest BCUT2D eigenvalue weighted by atomic mass is 35.5. The molecule has 14 N–H and O–H groups in total. The lowest BCUT2D eigenvalue weighted by molar-refractivity contribution is 0.602. The summed E-state index contributed by atoms with van der Waals surface area (Å²) < 4.78 is 13.8. The first kappa shape index (κ1) is 78.8. The number of anilines is 5. The molecule has 20 rings (SSSR count). The van der Waals surface area contributed by atoms with E-state index in [0.717, 1.165) is 82.9 Å². The van der Waals surface area contributed by atoms with Gasteiger partial charge in [0, 0.05) is 132 Å². The molecule has 36 heteroatoms. The Balaban J connectivity index is 0.000000112. The fourth-order valence-electron chi connectivity index (χ4n) is 13.2. The van der Waals surface area contributed by atoms with Crippen LogP contribution < -0.4 is 40.0 Å². The predicted octanol–water partition coefficient (Wildman–Crippen LogP) is 14.4. The van der Waals surface area contributed by atoms with Crippen molar-refractivity contribution in [1.29, 1.82) is 5.26 Å². The van der Waals surface area contributed by atoms with Gasteiger partial charge in [-0.05, 0) is 153 Å². The number of nitrogen functional groups attached to an aromatic ring is 5. The number of pyridine rings is 3. The van der Waals surface area contributed by atoms with Crippen LogP contribution >= 0.6 is 34.8 Å². The third kappa shape index (κ3) is 16.8. The summed E-state index contributed by atoms with van der Waals surface area (Å²) in [4.78, 5) is 74.9. The predicted molar refractivity (Wildman–Crippen MR) is 467 cm³/mol. The number of hydrogen-bond donors (Lipinski definition) is 8. The van der Waals surface area contributed by atoms with Gasteiger partial charge in [-0.1, -0.05) is 53.0 Å². The molecule has 0 aliphatic rings. The number of nitrogens with two attached hydrogens (primary N) is 6. The molecule has 5 aromatic carbocycles. The topological polar surface area (TPSA) is 485 Å². The zero-order valence-electron chi connectivity index (χ0n) is 64.8. The lowest BCUT2D eigenvalue weighted by Gasteiger charge is -2.13. The van der Waals surface area contributed by atoms with E-state index >= 15 is 0 Å². The van der Waals surface area contributed by atoms with E-state index in [1.165, 1.54) is 18.8 Å². The van der Waals surface area contributed by atoms with Crippen LogP contribution in [0.15, 0.2) is 236 Å². The molecule has 0 radical (unpaired) electrons. The second-order valence-electron chi connectivity index (χ2n) is 27.4. The summed E-state index contributed by atoms with van der Waals surface area (Å²) in [5.74, 6) is 3.13. The molecule has 0 aliphatic carbocycles. The Bertz CT molecular complexity index is 7440. The van der Waals surface area contributed by atoms with Crippen LogP contribution in [0.25, 0.3) is 151 Å². The van der Waals surface area contributed by atoms with Crippen LogP contribution in [0.2, 0.25) is 15.1 Å². The van der Waals surface area contributed by atoms with Crippen molar-refractivity contribution in [3.05, 3.63) is 280 Å². The Labute approximate surface area is 701 Å². The molecular weight excluding hydrogens is 1590 g/mol. The Morgan fingerprint density at radius 1 is 0.471 bits per heavy atom. The molecule has 0 amide bonds. The van der Waals surface area contributed by atoms with E-state index in [2.05, 4.69) is 95.2 Å². The van der Waals surface area contributed by atoms with Gasteiger partial charge in [0.2, 0.25) is 0 Å². The molecule has 0 aliphatic heterocycles. The van der Waals surface area contributed by atoms with Crippen LogP contribution in [0.5, 0.6) is 0 Å². The van der Waals surface area contributed by atoms with E-state index in [0.29, 0.717) is 123 Å². The van der Waals surface area contributed by atoms with Crippen LogP contribution in [0, 0.1) is 32.1 Å². The number of benzene rings is 5. The summed E-state index contributed by atoms with van der Waals surface area (Å²) in [6.07, 6.45) is 24.1. The summed E-state index contributed by atoms with van der Waals surface area (Å²) in [5.41, 5.74) is 52.0. The van der Waals surface area contributed by atoms with Crippen molar-refractivity contribution < 1.29 is 4.42 Å². The Morgan fingerprint density at radius 2 is 1.02 bits per heavy atom. The van der Waals surface area contributed by atoms with Gasteiger partial charge in [0.05, 0.1) is 73.0 Å². The molecule has 33 nitrogen and oxygen atoms in total. The van der Waals surface area contributed by atoms with Crippen molar-refractivity contribution >= 4 is 118 Å². The number of fused-ring (bicyclic) bond motifs is 5. The first-order chi connectivity index (χ1) is 58.6. The van der Waals surface area contributed by atoms with Crippen molar-refractivity contribution in [2.24, 2.45) is 19.8 Å². The van der Waals surface area contributed by atoms with Gasteiger partial charge in [0.15, 0.2) is 40.9 Å². The van der Waals surface area contributed by atoms with Crippen LogP contribution in [0.1, 0.15) is 28.3 Å². The first-order valence-corrected chi connectivity index (χ1v) is 38.0. The summed E-state index contributed by atoms with van der Waals surface area (Å²) in [7, 11) is 3.66. The van der Waals surface area contributed by atoms with Crippen molar-refractivity contribution in [2.45, 2.75) is 27.3 Å². The number of rotatable bonds is 11. The highest BCUT2D eigenvalue weighted by Crippen LogP contribution is 2.38. The lowest BCUT2D eigenvalue weighted by atomic mass is 10.1. The zero-order chi connectivity index (χ0) is 84.3. The van der Waals surface area contributed by atoms with E-state index in [4.69, 9.17) is 73.6 Å². The van der Waals surface area contributed by atoms with E-state index in [1.807, 2.05) is 210 Å². The number of nitrogens with zero attached hydrogens (tertiary/aromatic N) is 23. The van der Waals surface area contributed by atoms with Crippen molar-refractivity contribution in [3.63, 3.8) is 0 Å². The number of aromatic amines is 2. The summed E-state index contributed by atoms with van der Waals surface area (Å²) in [6, 6.07) is 45.4. The molecule has 0 saturated heterocycles. The third-order valence-electron chi connectivity index (χ3n) is 18.8. The molecule has 0 saturated carbocycles. The largest absolute Gasteiger partial charge is 0.443 e. The lowest BCUT2D eigenvalue weighted by Crippen LogP contribution is -2.12. The fraction of sp³-hybridized carbons (Fsp3) is 0.0706. The molecular formula is C85H68Cl3N31O2. The molecule has 0 unspecified atom stereocenters. The normalized spacial score (nSPS) is 11.1. The summed E-state index contributed by atoms with van der Waals surface area (Å²) in [5, 5.41) is 32.9. The SMILES string of the molecule is Cc1ccn(-c2nc(N)c(CN)nc2-c2cc(Cl)c3ncccc3c2)n1.Cc1ccn(-c2nc(N)cnc2-c2cc(Cl)c3ncccc3c2)c1.Cc1ccn(-c2nc(N)cnc2-c2ccc3c(=O)[nH]ccc3c2)n1.Cn1ccc(-c2nc(N)c(C#N)nc2-c2ccc3ocnc3c2)n1.Cn1ccc(-c2nc(N)cnc2-c2cc(Cl)c3[nH]ccc3c2)n1. The molecule has 0 fully saturated rings. The monoisotopic (exact) mass is 1660 g/mol. The second kappa shape index (κ2) is 33.7. The molecule has 0 bridgehead atoms. The molecule has 0 spiro atoms. The Kier molecular flexibility index (Phi) is 21.9. The number of oxazole rings is 1. The van der Waals surface area contributed by atoms with Crippen LogP contribution in [-0.2, 0) is 20.6 Å². The standard InChI is InChI=1S/C18H16ClN7.C18H14ClN5.C17H14N6O.C16H13ClN6.C16H11N7O/c1-10-4-6-26(25-10)18-16(23-14(9-20)17(21)24-18)12-7-11-3-2-5-22-15(11)13(19)8-12;1-11-4-6-24(10-11)18-17(22-9-15(20)23-18)13-7-12-3-2-5-21-16(12)14(19)8-13;1-10-5-7-23(22-10)16-15(20-9-14(18)21-16)12-2-3-13-11(8-12)4-6-19-17(13)24;1-23-5-3-12(22-23)16-15(20-8-13(18)21-16)10-6-9-2-4-19-14(9)11(17)7-10;1-23-5-4-10(22-23)15-14(20-12(7-17)16(18)21-15)9-2-3-13-11(6-9)19-8-24-13/h2-8H,9,20H2,1H3,(H2,21,24);2-10H,1H3,(H2,20,23);2-9H,1H3,(H2,18,21)(H,19,24);2-8,19H,1H3,(H2,18,21);2-6,8H,1H3,(H2,18,21). The van der Waals surface area contributed by atoms with Crippen molar-refractivity contribution in [2.75, 3.05) is 28.7 Å². The van der Waals surface area contributed by atoms with Crippen molar-refractivity contribution in [3.8, 4) is 103 Å². The maximum absolute atomic E-state index is 11.8. The van der Waals surface area contributed by atoms with Gasteiger partial charge in [-0.3, -0.25) is 29.1 Å². The van der Waals surface area contributed by atoms with Crippen LogP contribution in [0.3, 0.4) is 0 Å². The Morgan fingerprint density at radius 3 is 1.64 bits per heavy atom. The van der Waals surface area contributed by atoms with Gasteiger partial charge >= 0.3 is 0 Å². The van der Waals surface area contributed by atoms with Gasteiger partial charge in [-0.15, -0.1) is 0 Å². The number of aromatic nitrogens is 24. The second-order valence-corrected chi connectivity index (χ2v) is 28.6. The maximum Gasteiger partial charge on any atom is 0.255 e. The molecule has 0 atom stereocenters. The first-order valence-electron chi connectivity index (χ1n) is 36.9. The number of H-pyrrole nitrogens is 2. The number of hydrogen-bond acceptors (Lipinski definition) is 26. The van der Waals surface area contributed by atoms with E-state index < -0.39 is 0 Å². The molecule has 15 heterocycles. The molecule has 15 aromatic heterocycles. The van der Waals surface area contributed by atoms with E-state index in [9.17, 15) is 10.1 Å². The highest BCUT2D eigenvalue weighted by molar-refractivity contribution is 6.36. The number of aryl methyl sites for hydroxylation is 5. The minimum atomic E-state index is -0.120. The van der Waals surface area contributed by atoms with Crippen LogP contribution in [0.4, 0.5) is 29.1 Å². The maximum atomic E-state index is 11.8. The zero-order valence-corrected chi connectivity index (χ0v) is 67.0. The van der Waals surface area contributed by atoms with Crippen LogP contribution in [-0.4, -0.2) is 118 Å². The van der Waals surface area contributed by atoms with Gasteiger partial charge in [0.25, 0.3) is 5.56 Å². The minimum absolute atomic E-state index is 0.0735. The number of nitriles is 1. The average Bonchev–Trinajstić information content (AvgIpc) is 1.75. The van der Waals surface area contributed by atoms with Gasteiger partial charge < -0.3 is 53.4 Å². The number of nitrogens with one attached hydrogen (secondary N) is 2. The molecule has 121 heavy (non-hydrogen) atoms. The smallest absolute Gasteiger partial charge is 0.255 e. The highest BCUT2D eigenvalue weighted by Gasteiger charge is 2.23. The third-order valence-corrected chi connectivity index (χ3v) is 19.7. The Hall–Kier alpha value is -16.0. The number of halogens is 3. The molecule has 20 aromatic rings. The van der Waals surface area contributed by atoms with Gasteiger partial charge in [-0.2, -0.15) is 25.7 Å². The van der Waals surface area contributed by atoms with Crippen molar-refractivity contribution in [1.82, 2.24) is 118 Å². The van der Waals surface area contributed by atoms with E-state index in [-0.39, 0.29) is 29.4 Å². The summed E-state index contributed by atoms with van der Waals surface area (Å²) in [6.45, 7) is 6.01. The quantitative estimate of drug-likeness (QED) is 0.0596. The fourth-order valence-corrected chi connectivity index (χ4v) is 14.0. The molecule has 596 valence electrons. The average molecular weight is 1660 g/mol. The van der Waals surface area contributed by atoms with E-state index in [1.54, 1.807) is 61.8 Å². The van der Waals surface area contributed by atoms with Gasteiger partial charge in [0.1, 0.15) is 80.4 Å².